The van der Waals surface area contributed by atoms with Gasteiger partial charge in [-0.2, -0.15) is 0 Å². The molecule has 2 amide bonds. The van der Waals surface area contributed by atoms with Crippen molar-refractivity contribution in [3.05, 3.63) is 70.2 Å². The van der Waals surface area contributed by atoms with Gasteiger partial charge in [0.1, 0.15) is 0 Å². The van der Waals surface area contributed by atoms with Crippen LogP contribution in [0.1, 0.15) is 36.9 Å². The number of hydrogen-bond donors (Lipinski definition) is 2. The predicted molar refractivity (Wildman–Crippen MR) is 142 cm³/mol. The summed E-state index contributed by atoms with van der Waals surface area (Å²) in [4.78, 5) is 38.3. The molecule has 2 fully saturated rings. The molecular weight excluding hydrogens is 478 g/mol. The number of hydrogen-bond acceptors (Lipinski definition) is 8. The highest BCUT2D eigenvalue weighted by atomic mass is 32.2. The first-order valence-electron chi connectivity index (χ1n) is 11.6. The van der Waals surface area contributed by atoms with E-state index in [0.29, 0.717) is 35.1 Å². The first kappa shape index (κ1) is 23.4. The Balaban J connectivity index is 1.11. The quantitative estimate of drug-likeness (QED) is 0.314. The lowest BCUT2D eigenvalue weighted by Gasteiger charge is -2.27. The average Bonchev–Trinajstić information content (AvgIpc) is 3.51. The van der Waals surface area contributed by atoms with Gasteiger partial charge in [-0.1, -0.05) is 24.3 Å². The first-order valence-corrected chi connectivity index (χ1v) is 13.3. The third-order valence-corrected chi connectivity index (χ3v) is 7.76. The predicted octanol–water partition coefficient (Wildman–Crippen LogP) is 5.77. The lowest BCUT2D eigenvalue weighted by Crippen LogP contribution is -2.27. The molecule has 7 nitrogen and oxygen atoms in total. The Morgan fingerprint density at radius 1 is 1.11 bits per heavy atom. The summed E-state index contributed by atoms with van der Waals surface area (Å²) in [5, 5.41) is 7.41. The summed E-state index contributed by atoms with van der Waals surface area (Å²) in [5.41, 5.74) is 3.08. The van der Waals surface area contributed by atoms with E-state index in [0.717, 1.165) is 37.4 Å². The molecule has 0 bridgehead atoms. The molecule has 0 unspecified atom stereocenters. The monoisotopic (exact) mass is 503 g/mol. The highest BCUT2D eigenvalue weighted by molar-refractivity contribution is 8.18. The molecule has 1 saturated heterocycles. The number of imide groups is 1. The zero-order valence-corrected chi connectivity index (χ0v) is 20.6. The van der Waals surface area contributed by atoms with Gasteiger partial charge in [-0.15, -0.1) is 11.3 Å². The van der Waals surface area contributed by atoms with Gasteiger partial charge in [0.15, 0.2) is 0 Å². The van der Waals surface area contributed by atoms with Crippen molar-refractivity contribution >= 4 is 52.5 Å². The second-order valence-corrected chi connectivity index (χ2v) is 10.5. The van der Waals surface area contributed by atoms with Gasteiger partial charge in [0.2, 0.25) is 5.95 Å². The lowest BCUT2D eigenvalue weighted by molar-refractivity contribution is -0.115. The highest BCUT2D eigenvalue weighted by Gasteiger charge is 2.25. The molecule has 9 heteroatoms. The topological polar surface area (TPSA) is 96.3 Å². The van der Waals surface area contributed by atoms with Crippen molar-refractivity contribution < 1.29 is 9.59 Å². The van der Waals surface area contributed by atoms with Crippen molar-refractivity contribution in [3.8, 4) is 10.4 Å². The third-order valence-electron chi connectivity index (χ3n) is 6.03. The van der Waals surface area contributed by atoms with Crippen LogP contribution in [0.3, 0.4) is 0 Å². The Bertz CT molecular complexity index is 1260. The van der Waals surface area contributed by atoms with Crippen LogP contribution < -0.4 is 10.6 Å². The van der Waals surface area contributed by atoms with Gasteiger partial charge in [0.25, 0.3) is 11.1 Å². The molecule has 178 valence electrons. The number of amides is 2. The van der Waals surface area contributed by atoms with E-state index in [1.165, 1.54) is 16.0 Å². The molecule has 0 spiro atoms. The molecule has 2 aliphatic rings. The second-order valence-electron chi connectivity index (χ2n) is 8.58. The van der Waals surface area contributed by atoms with Crippen LogP contribution in [0.25, 0.3) is 16.5 Å². The molecule has 5 rings (SSSR count). The van der Waals surface area contributed by atoms with E-state index < -0.39 is 0 Å². The number of nitrogens with one attached hydrogen (secondary N) is 2. The summed E-state index contributed by atoms with van der Waals surface area (Å²) in [6.45, 7) is 0.704. The van der Waals surface area contributed by atoms with Gasteiger partial charge in [0.05, 0.1) is 17.1 Å². The van der Waals surface area contributed by atoms with Crippen molar-refractivity contribution in [2.45, 2.75) is 38.3 Å². The molecule has 0 radical (unpaired) electrons. The fourth-order valence-electron chi connectivity index (χ4n) is 4.25. The van der Waals surface area contributed by atoms with Gasteiger partial charge in [-0.25, -0.2) is 9.97 Å². The molecule has 2 aromatic heterocycles. The standard InChI is InChI=1S/C26H25N5O2S2/c32-24-23(35-26(33)31-24)14-21-10-11-28-25(30-21)29-20-8-6-17(7-9-20)15-27-16-18-3-1-4-19(13-18)22-5-2-12-34-22/h1-5,10-15,17,20H,6-9,16H2,(H,28,29,30)(H,31,32,33)/b23-14-,27-15?. The maximum atomic E-state index is 11.8. The SMILES string of the molecule is O=C1NC(=O)/C(=C/c2ccnc(NC3CCC(C=NCc4cccc(-c5cccs5)c4)CC3)n2)S1. The molecule has 35 heavy (non-hydrogen) atoms. The summed E-state index contributed by atoms with van der Waals surface area (Å²) < 4.78 is 0. The van der Waals surface area contributed by atoms with E-state index in [-0.39, 0.29) is 11.1 Å². The van der Waals surface area contributed by atoms with Crippen LogP contribution in [-0.2, 0) is 11.3 Å². The van der Waals surface area contributed by atoms with Crippen LogP contribution in [-0.4, -0.2) is 33.4 Å². The average molecular weight is 504 g/mol. The van der Waals surface area contributed by atoms with Crippen molar-refractivity contribution in [3.63, 3.8) is 0 Å². The number of aliphatic imine (C=N–C) groups is 1. The van der Waals surface area contributed by atoms with Gasteiger partial charge in [-0.3, -0.25) is 19.9 Å². The minimum absolute atomic E-state index is 0.302. The Labute approximate surface area is 212 Å². The molecular formula is C26H25N5O2S2. The summed E-state index contributed by atoms with van der Waals surface area (Å²) in [6, 6.07) is 14.9. The van der Waals surface area contributed by atoms with Crippen LogP contribution in [0.4, 0.5) is 10.7 Å². The fourth-order valence-corrected chi connectivity index (χ4v) is 5.64. The molecule has 0 atom stereocenters. The maximum absolute atomic E-state index is 11.8. The van der Waals surface area contributed by atoms with E-state index in [1.54, 1.807) is 29.7 Å². The van der Waals surface area contributed by atoms with Crippen LogP contribution in [0.15, 0.2) is 63.9 Å². The van der Waals surface area contributed by atoms with E-state index in [4.69, 9.17) is 4.99 Å². The Hall–Kier alpha value is -3.30. The summed E-state index contributed by atoms with van der Waals surface area (Å²) in [5.74, 6) is 0.640. The molecule has 3 heterocycles. The largest absolute Gasteiger partial charge is 0.351 e. The number of thioether (sulfide) groups is 1. The number of aromatic nitrogens is 2. The summed E-state index contributed by atoms with van der Waals surface area (Å²) in [6.07, 6.45) is 9.58. The van der Waals surface area contributed by atoms with E-state index in [2.05, 4.69) is 68.6 Å². The normalized spacial score (nSPS) is 21.5. The van der Waals surface area contributed by atoms with Crippen molar-refractivity contribution in [1.82, 2.24) is 15.3 Å². The Morgan fingerprint density at radius 2 is 2.00 bits per heavy atom. The van der Waals surface area contributed by atoms with Gasteiger partial charge < -0.3 is 5.32 Å². The molecule has 1 aliphatic heterocycles. The lowest BCUT2D eigenvalue weighted by atomic mass is 9.87. The number of thiophene rings is 1. The summed E-state index contributed by atoms with van der Waals surface area (Å²) >= 11 is 2.64. The van der Waals surface area contributed by atoms with Crippen LogP contribution in [0.2, 0.25) is 0 Å². The minimum Gasteiger partial charge on any atom is -0.351 e. The Kier molecular flexibility index (Phi) is 7.34. The summed E-state index contributed by atoms with van der Waals surface area (Å²) in [7, 11) is 0. The van der Waals surface area contributed by atoms with Crippen molar-refractivity contribution in [2.24, 2.45) is 10.9 Å². The number of nitrogens with zero attached hydrogens (tertiary/aromatic N) is 3. The van der Waals surface area contributed by atoms with Gasteiger partial charge in [-0.05, 0) is 84.1 Å². The molecule has 1 aliphatic carbocycles. The minimum atomic E-state index is -0.386. The number of benzene rings is 1. The van der Waals surface area contributed by atoms with Crippen LogP contribution in [0.5, 0.6) is 0 Å². The van der Waals surface area contributed by atoms with E-state index in [1.807, 2.05) is 0 Å². The molecule has 3 aromatic rings. The van der Waals surface area contributed by atoms with Crippen LogP contribution in [0, 0.1) is 5.92 Å². The smallest absolute Gasteiger partial charge is 0.290 e. The van der Waals surface area contributed by atoms with E-state index in [9.17, 15) is 9.59 Å². The second kappa shape index (κ2) is 11.0. The zero-order valence-electron chi connectivity index (χ0n) is 19.0. The number of carbonyl (C=O) groups is 2. The Morgan fingerprint density at radius 3 is 2.77 bits per heavy atom. The maximum Gasteiger partial charge on any atom is 0.290 e. The molecule has 2 N–H and O–H groups in total. The number of rotatable bonds is 7. The molecule has 1 saturated carbocycles. The zero-order chi connectivity index (χ0) is 24.0. The van der Waals surface area contributed by atoms with E-state index >= 15 is 0 Å². The fraction of sp³-hybridized carbons (Fsp3) is 0.269. The first-order chi connectivity index (χ1) is 17.1. The number of anilines is 1. The van der Waals surface area contributed by atoms with Crippen molar-refractivity contribution in [2.75, 3.05) is 5.32 Å². The third kappa shape index (κ3) is 6.23. The number of carbonyl (C=O) groups excluding carboxylic acids is 2. The van der Waals surface area contributed by atoms with Crippen molar-refractivity contribution in [1.29, 1.82) is 0 Å². The van der Waals surface area contributed by atoms with Crippen LogP contribution >= 0.6 is 23.1 Å². The van der Waals surface area contributed by atoms with Gasteiger partial charge in [0, 0.05) is 23.3 Å². The highest BCUT2D eigenvalue weighted by Crippen LogP contribution is 2.28. The molecule has 1 aromatic carbocycles. The van der Waals surface area contributed by atoms with Gasteiger partial charge >= 0.3 is 0 Å².